The maximum atomic E-state index is 13.6. The second-order valence-electron chi connectivity index (χ2n) is 3.79. The average molecular weight is 309 g/mol. The third-order valence-corrected chi connectivity index (χ3v) is 3.89. The quantitative estimate of drug-likeness (QED) is 0.917. The Bertz CT molecular complexity index is 600. The summed E-state index contributed by atoms with van der Waals surface area (Å²) in [6.07, 6.45) is 0. The van der Waals surface area contributed by atoms with E-state index in [0.717, 1.165) is 6.07 Å². The first-order valence-electron chi connectivity index (χ1n) is 5.53. The smallest absolute Gasteiger partial charge is 0.255 e. The Morgan fingerprint density at radius 2 is 1.89 bits per heavy atom. The van der Waals surface area contributed by atoms with Gasteiger partial charge in [-0.2, -0.15) is 0 Å². The third kappa shape index (κ3) is 3.43. The highest BCUT2D eigenvalue weighted by atomic mass is 35.5. The number of primary sulfonamides is 1. The van der Waals surface area contributed by atoms with Gasteiger partial charge in [-0.25, -0.2) is 17.9 Å². The van der Waals surface area contributed by atoms with Crippen molar-refractivity contribution in [2.75, 3.05) is 13.1 Å². The van der Waals surface area contributed by atoms with Crippen LogP contribution in [0.25, 0.3) is 0 Å². The molecule has 0 fully saturated rings. The molecule has 0 unspecified atom stereocenters. The summed E-state index contributed by atoms with van der Waals surface area (Å²) in [7, 11) is -4.11. The molecule has 1 aromatic rings. The van der Waals surface area contributed by atoms with Crippen molar-refractivity contribution in [3.8, 4) is 0 Å². The normalized spacial score (nSPS) is 11.4. The molecule has 19 heavy (non-hydrogen) atoms. The van der Waals surface area contributed by atoms with E-state index in [0.29, 0.717) is 19.2 Å². The van der Waals surface area contributed by atoms with E-state index in [1.165, 1.54) is 4.90 Å². The summed E-state index contributed by atoms with van der Waals surface area (Å²) in [4.78, 5) is 13.0. The molecule has 0 atom stereocenters. The van der Waals surface area contributed by atoms with Crippen molar-refractivity contribution in [1.82, 2.24) is 4.90 Å². The molecule has 0 aromatic heterocycles. The van der Waals surface area contributed by atoms with Crippen LogP contribution in [0, 0.1) is 5.82 Å². The first kappa shape index (κ1) is 15.9. The molecule has 1 amide bonds. The van der Waals surface area contributed by atoms with Gasteiger partial charge in [0, 0.05) is 13.1 Å². The van der Waals surface area contributed by atoms with Gasteiger partial charge in [0.15, 0.2) is 0 Å². The van der Waals surface area contributed by atoms with Gasteiger partial charge < -0.3 is 4.90 Å². The highest BCUT2D eigenvalue weighted by Crippen LogP contribution is 2.25. The summed E-state index contributed by atoms with van der Waals surface area (Å²) >= 11 is 5.71. The molecule has 0 bridgehead atoms. The van der Waals surface area contributed by atoms with Crippen LogP contribution in [0.1, 0.15) is 24.2 Å². The molecular formula is C11H14ClFN2O3S. The molecule has 0 aliphatic heterocycles. The van der Waals surface area contributed by atoms with Crippen molar-refractivity contribution in [3.63, 3.8) is 0 Å². The van der Waals surface area contributed by atoms with Gasteiger partial charge in [0.1, 0.15) is 5.82 Å². The number of hydrogen-bond donors (Lipinski definition) is 1. The van der Waals surface area contributed by atoms with Gasteiger partial charge in [-0.3, -0.25) is 4.79 Å². The van der Waals surface area contributed by atoms with Gasteiger partial charge in [0.2, 0.25) is 10.0 Å². The fourth-order valence-corrected chi connectivity index (χ4v) is 2.31. The van der Waals surface area contributed by atoms with Crippen molar-refractivity contribution >= 4 is 27.5 Å². The Morgan fingerprint density at radius 1 is 1.37 bits per heavy atom. The number of carbonyl (C=O) groups excluding carboxylic acids is 1. The first-order valence-corrected chi connectivity index (χ1v) is 7.45. The SMILES string of the molecule is CCN(CC)C(=O)c1cc(S(N)(=O)=O)cc(F)c1Cl. The standard InChI is InChI=1S/C11H14ClFN2O3S/c1-3-15(4-2)11(16)8-5-7(19(14,17)18)6-9(13)10(8)12/h5-6H,3-4H2,1-2H3,(H2,14,17,18). The molecule has 1 rings (SSSR count). The third-order valence-electron chi connectivity index (χ3n) is 2.61. The fraction of sp³-hybridized carbons (Fsp3) is 0.364. The zero-order chi connectivity index (χ0) is 14.8. The maximum absolute atomic E-state index is 13.6. The monoisotopic (exact) mass is 308 g/mol. The minimum Gasteiger partial charge on any atom is -0.339 e. The van der Waals surface area contributed by atoms with Crippen LogP contribution in [0.2, 0.25) is 5.02 Å². The van der Waals surface area contributed by atoms with Crippen LogP contribution in [0.4, 0.5) is 4.39 Å². The van der Waals surface area contributed by atoms with Gasteiger partial charge in [0.25, 0.3) is 5.91 Å². The molecule has 1 aromatic carbocycles. The van der Waals surface area contributed by atoms with Crippen molar-refractivity contribution in [2.24, 2.45) is 5.14 Å². The Hall–Kier alpha value is -1.18. The van der Waals surface area contributed by atoms with E-state index in [1.54, 1.807) is 13.8 Å². The van der Waals surface area contributed by atoms with E-state index >= 15 is 0 Å². The van der Waals surface area contributed by atoms with Gasteiger partial charge >= 0.3 is 0 Å². The van der Waals surface area contributed by atoms with E-state index in [2.05, 4.69) is 0 Å². The van der Waals surface area contributed by atoms with E-state index in [1.807, 2.05) is 0 Å². The first-order chi connectivity index (χ1) is 8.72. The molecule has 106 valence electrons. The molecule has 0 heterocycles. The van der Waals surface area contributed by atoms with Gasteiger partial charge in [-0.15, -0.1) is 0 Å². The van der Waals surface area contributed by atoms with E-state index in [-0.39, 0.29) is 5.56 Å². The largest absolute Gasteiger partial charge is 0.339 e. The summed E-state index contributed by atoms with van der Waals surface area (Å²) in [5.74, 6) is -1.54. The lowest BCUT2D eigenvalue weighted by molar-refractivity contribution is 0.0772. The minimum atomic E-state index is -4.11. The predicted octanol–water partition coefficient (Wildman–Crippen LogP) is 1.61. The van der Waals surface area contributed by atoms with Crippen LogP contribution in [-0.4, -0.2) is 32.3 Å². The molecule has 0 saturated carbocycles. The van der Waals surface area contributed by atoms with Gasteiger partial charge in [-0.1, -0.05) is 11.6 Å². The number of benzene rings is 1. The number of carbonyl (C=O) groups is 1. The molecule has 8 heteroatoms. The highest BCUT2D eigenvalue weighted by molar-refractivity contribution is 7.89. The van der Waals surface area contributed by atoms with Crippen LogP contribution < -0.4 is 5.14 Å². The molecule has 2 N–H and O–H groups in total. The van der Waals surface area contributed by atoms with E-state index < -0.39 is 31.7 Å². The Balaban J connectivity index is 3.43. The number of nitrogens with two attached hydrogens (primary N) is 1. The maximum Gasteiger partial charge on any atom is 0.255 e. The van der Waals surface area contributed by atoms with Crippen LogP contribution in [0.3, 0.4) is 0 Å². The van der Waals surface area contributed by atoms with Crippen LogP contribution in [-0.2, 0) is 10.0 Å². The molecule has 0 aliphatic carbocycles. The van der Waals surface area contributed by atoms with Crippen molar-refractivity contribution in [1.29, 1.82) is 0 Å². The minimum absolute atomic E-state index is 0.214. The second kappa shape index (κ2) is 5.85. The lowest BCUT2D eigenvalue weighted by Crippen LogP contribution is -2.31. The molecular weight excluding hydrogens is 295 g/mol. The number of halogens is 2. The number of nitrogens with zero attached hydrogens (tertiary/aromatic N) is 1. The summed E-state index contributed by atoms with van der Waals surface area (Å²) < 4.78 is 36.0. The zero-order valence-electron chi connectivity index (χ0n) is 10.5. The van der Waals surface area contributed by atoms with Crippen molar-refractivity contribution in [3.05, 3.63) is 28.5 Å². The molecule has 0 aliphatic rings. The predicted molar refractivity (Wildman–Crippen MR) is 70.0 cm³/mol. The topological polar surface area (TPSA) is 80.5 Å². The van der Waals surface area contributed by atoms with Crippen LogP contribution in [0.5, 0.6) is 0 Å². The van der Waals surface area contributed by atoms with Crippen LogP contribution in [0.15, 0.2) is 17.0 Å². The molecule has 0 saturated heterocycles. The summed E-state index contributed by atoms with van der Waals surface area (Å²) in [5.41, 5.74) is -0.214. The molecule has 0 radical (unpaired) electrons. The Labute approximate surface area is 116 Å². The number of sulfonamides is 1. The van der Waals surface area contributed by atoms with E-state index in [9.17, 15) is 17.6 Å². The van der Waals surface area contributed by atoms with Crippen molar-refractivity contribution < 1.29 is 17.6 Å². The summed E-state index contributed by atoms with van der Waals surface area (Å²) in [6.45, 7) is 4.28. The van der Waals surface area contributed by atoms with Crippen molar-refractivity contribution in [2.45, 2.75) is 18.7 Å². The number of hydrogen-bond acceptors (Lipinski definition) is 3. The van der Waals surface area contributed by atoms with Gasteiger partial charge in [0.05, 0.1) is 15.5 Å². The highest BCUT2D eigenvalue weighted by Gasteiger charge is 2.22. The Morgan fingerprint density at radius 3 is 2.32 bits per heavy atom. The number of rotatable bonds is 4. The van der Waals surface area contributed by atoms with Gasteiger partial charge in [-0.05, 0) is 26.0 Å². The molecule has 0 spiro atoms. The molecule has 5 nitrogen and oxygen atoms in total. The summed E-state index contributed by atoms with van der Waals surface area (Å²) in [6, 6.07) is 1.68. The summed E-state index contributed by atoms with van der Waals surface area (Å²) in [5, 5.41) is 4.51. The Kier molecular flexibility index (Phi) is 4.89. The lowest BCUT2D eigenvalue weighted by Gasteiger charge is -2.19. The average Bonchev–Trinajstić information content (AvgIpc) is 2.32. The van der Waals surface area contributed by atoms with Crippen LogP contribution >= 0.6 is 11.6 Å². The second-order valence-corrected chi connectivity index (χ2v) is 5.73. The zero-order valence-corrected chi connectivity index (χ0v) is 12.1. The fourth-order valence-electron chi connectivity index (χ4n) is 1.57. The number of amides is 1. The van der Waals surface area contributed by atoms with E-state index in [4.69, 9.17) is 16.7 Å². The lowest BCUT2D eigenvalue weighted by atomic mass is 10.2.